The molecule has 1 unspecified atom stereocenters. The number of rotatable bonds is 2. The summed E-state index contributed by atoms with van der Waals surface area (Å²) in [5.74, 6) is -1.06. The van der Waals surface area contributed by atoms with E-state index in [1.807, 2.05) is 51.1 Å². The normalized spacial score (nSPS) is 19.8. The van der Waals surface area contributed by atoms with Gasteiger partial charge in [-0.05, 0) is 18.6 Å². The quantitative estimate of drug-likeness (QED) is 0.802. The van der Waals surface area contributed by atoms with Crippen LogP contribution in [0.1, 0.15) is 31.0 Å². The Balaban J connectivity index is 0.000000924. The molecule has 1 atom stereocenters. The van der Waals surface area contributed by atoms with Gasteiger partial charge in [0, 0.05) is 6.20 Å². The lowest BCUT2D eigenvalue weighted by atomic mass is 10.0. The number of benzene rings is 1. The molecule has 0 fully saturated rings. The van der Waals surface area contributed by atoms with Crippen molar-refractivity contribution in [2.24, 2.45) is 4.99 Å². The Morgan fingerprint density at radius 1 is 1.13 bits per heavy atom. The van der Waals surface area contributed by atoms with Crippen LogP contribution >= 0.6 is 0 Å². The zero-order chi connectivity index (χ0) is 16.8. The molecular weight excluding hydrogens is 296 g/mol. The largest absolute Gasteiger partial charge is 0.381 e. The lowest BCUT2D eigenvalue weighted by Crippen LogP contribution is -2.24. The van der Waals surface area contributed by atoms with Crippen LogP contribution in [0.15, 0.2) is 64.8 Å². The number of aliphatic imine (C=N–C) groups is 1. The molecule has 0 amide bonds. The first-order valence-corrected chi connectivity index (χ1v) is 7.71. The van der Waals surface area contributed by atoms with Crippen LogP contribution in [-0.4, -0.2) is 12.5 Å². The van der Waals surface area contributed by atoms with E-state index in [2.05, 4.69) is 15.6 Å². The first kappa shape index (κ1) is 16.9. The molecule has 3 nitrogen and oxygen atoms in total. The van der Waals surface area contributed by atoms with E-state index in [1.165, 1.54) is 6.20 Å². The minimum Gasteiger partial charge on any atom is -0.381 e. The molecule has 0 aliphatic carbocycles. The maximum atomic E-state index is 14.2. The molecular formula is C18H21F2N3. The van der Waals surface area contributed by atoms with Crippen LogP contribution in [0.4, 0.5) is 8.78 Å². The van der Waals surface area contributed by atoms with E-state index in [9.17, 15) is 8.78 Å². The number of aryl methyl sites for hydroxylation is 1. The molecule has 2 heterocycles. The summed E-state index contributed by atoms with van der Waals surface area (Å²) in [7, 11) is 0. The summed E-state index contributed by atoms with van der Waals surface area (Å²) in [5.41, 5.74) is 2.62. The highest BCUT2D eigenvalue weighted by Gasteiger charge is 2.20. The summed E-state index contributed by atoms with van der Waals surface area (Å²) in [5, 5.41) is 5.50. The predicted octanol–water partition coefficient (Wildman–Crippen LogP) is 4.22. The maximum absolute atomic E-state index is 14.2. The standard InChI is InChI=1S/C16H15F2N3.C2H6/c1-10-2-4-11(5-3-10)13-7-6-12(16(18)21-13)14-8-19-9-15(17)20-14;1-2/h2-8,13,19,21H,9H2,1H3;1-2H3. The number of nitrogens with one attached hydrogen (secondary N) is 2. The van der Waals surface area contributed by atoms with Crippen LogP contribution in [0.5, 0.6) is 0 Å². The van der Waals surface area contributed by atoms with Gasteiger partial charge in [-0.3, -0.25) is 0 Å². The van der Waals surface area contributed by atoms with E-state index < -0.39 is 11.9 Å². The molecule has 2 N–H and O–H groups in total. The molecule has 0 radical (unpaired) electrons. The van der Waals surface area contributed by atoms with Gasteiger partial charge in [-0.15, -0.1) is 0 Å². The Morgan fingerprint density at radius 2 is 1.83 bits per heavy atom. The van der Waals surface area contributed by atoms with Gasteiger partial charge < -0.3 is 10.6 Å². The molecule has 2 aliphatic heterocycles. The Labute approximate surface area is 135 Å². The summed E-state index contributed by atoms with van der Waals surface area (Å²) in [6.45, 7) is 6.04. The number of hydrogen-bond acceptors (Lipinski definition) is 3. The van der Waals surface area contributed by atoms with Crippen molar-refractivity contribution in [1.82, 2.24) is 10.6 Å². The van der Waals surface area contributed by atoms with Gasteiger partial charge in [0.1, 0.15) is 0 Å². The van der Waals surface area contributed by atoms with E-state index in [4.69, 9.17) is 0 Å². The van der Waals surface area contributed by atoms with Gasteiger partial charge in [0.25, 0.3) is 0 Å². The SMILES string of the molecule is CC.Cc1ccc(C2C=CC(C3=CNCC(F)=N3)=C(F)N2)cc1. The lowest BCUT2D eigenvalue weighted by molar-refractivity contribution is 0.502. The molecule has 1 aromatic carbocycles. The molecule has 0 spiro atoms. The van der Waals surface area contributed by atoms with E-state index in [0.29, 0.717) is 0 Å². The summed E-state index contributed by atoms with van der Waals surface area (Å²) >= 11 is 0. The van der Waals surface area contributed by atoms with Gasteiger partial charge in [-0.2, -0.15) is 8.78 Å². The van der Waals surface area contributed by atoms with Crippen molar-refractivity contribution in [3.05, 3.63) is 71.0 Å². The number of hydrogen-bond donors (Lipinski definition) is 2. The van der Waals surface area contributed by atoms with Crippen molar-refractivity contribution in [1.29, 1.82) is 0 Å². The van der Waals surface area contributed by atoms with Crippen molar-refractivity contribution < 1.29 is 8.78 Å². The second-order valence-electron chi connectivity index (χ2n) is 5.02. The first-order valence-electron chi connectivity index (χ1n) is 7.71. The van der Waals surface area contributed by atoms with Crippen LogP contribution in [0.25, 0.3) is 0 Å². The Hall–Kier alpha value is -2.43. The third kappa shape index (κ3) is 4.06. The van der Waals surface area contributed by atoms with Crippen molar-refractivity contribution in [2.75, 3.05) is 6.54 Å². The zero-order valence-corrected chi connectivity index (χ0v) is 13.5. The second kappa shape index (κ2) is 7.72. The number of allylic oxidation sites excluding steroid dienone is 1. The van der Waals surface area contributed by atoms with Gasteiger partial charge in [0.15, 0.2) is 5.95 Å². The smallest absolute Gasteiger partial charge is 0.208 e. The topological polar surface area (TPSA) is 36.4 Å². The average Bonchev–Trinajstić information content (AvgIpc) is 2.57. The molecule has 0 aromatic heterocycles. The number of dihydropyridines is 1. The third-order valence-electron chi connectivity index (χ3n) is 3.41. The lowest BCUT2D eigenvalue weighted by Gasteiger charge is -2.22. The van der Waals surface area contributed by atoms with Crippen LogP contribution in [-0.2, 0) is 0 Å². The highest BCUT2D eigenvalue weighted by molar-refractivity contribution is 5.80. The van der Waals surface area contributed by atoms with E-state index in [-0.39, 0.29) is 23.9 Å². The molecule has 122 valence electrons. The average molecular weight is 317 g/mol. The zero-order valence-electron chi connectivity index (χ0n) is 13.5. The summed E-state index contributed by atoms with van der Waals surface area (Å²) in [6, 6.07) is 7.63. The predicted molar refractivity (Wildman–Crippen MR) is 90.3 cm³/mol. The van der Waals surface area contributed by atoms with Gasteiger partial charge in [0.2, 0.25) is 5.97 Å². The Bertz CT molecular complexity index is 670. The fourth-order valence-electron chi connectivity index (χ4n) is 2.27. The fourth-order valence-corrected chi connectivity index (χ4v) is 2.27. The van der Waals surface area contributed by atoms with Gasteiger partial charge >= 0.3 is 0 Å². The van der Waals surface area contributed by atoms with Crippen LogP contribution < -0.4 is 10.6 Å². The minimum atomic E-state index is -0.554. The summed E-state index contributed by atoms with van der Waals surface area (Å²) in [4.78, 5) is 3.73. The molecule has 0 bridgehead atoms. The monoisotopic (exact) mass is 317 g/mol. The minimum absolute atomic E-state index is 0.0432. The highest BCUT2D eigenvalue weighted by atomic mass is 19.1. The third-order valence-corrected chi connectivity index (χ3v) is 3.41. The molecule has 0 saturated carbocycles. The van der Waals surface area contributed by atoms with Gasteiger partial charge in [-0.25, -0.2) is 4.99 Å². The van der Waals surface area contributed by atoms with Crippen molar-refractivity contribution in [2.45, 2.75) is 26.8 Å². The first-order chi connectivity index (χ1) is 11.1. The molecule has 1 aromatic rings. The van der Waals surface area contributed by atoms with Crippen molar-refractivity contribution >= 4 is 5.97 Å². The van der Waals surface area contributed by atoms with Crippen LogP contribution in [0.3, 0.4) is 0 Å². The van der Waals surface area contributed by atoms with E-state index >= 15 is 0 Å². The van der Waals surface area contributed by atoms with E-state index in [1.54, 1.807) is 6.08 Å². The maximum Gasteiger partial charge on any atom is 0.208 e. The fraction of sp³-hybridized carbons (Fsp3) is 0.278. The number of nitrogens with zero attached hydrogens (tertiary/aromatic N) is 1. The van der Waals surface area contributed by atoms with Crippen LogP contribution in [0.2, 0.25) is 0 Å². The highest BCUT2D eigenvalue weighted by Crippen LogP contribution is 2.28. The summed E-state index contributed by atoms with van der Waals surface area (Å²) < 4.78 is 27.4. The molecule has 5 heteroatoms. The summed E-state index contributed by atoms with van der Waals surface area (Å²) in [6.07, 6.45) is 4.98. The second-order valence-corrected chi connectivity index (χ2v) is 5.02. The van der Waals surface area contributed by atoms with Crippen molar-refractivity contribution in [3.8, 4) is 0 Å². The molecule has 23 heavy (non-hydrogen) atoms. The van der Waals surface area contributed by atoms with Crippen molar-refractivity contribution in [3.63, 3.8) is 0 Å². The van der Waals surface area contributed by atoms with E-state index in [0.717, 1.165) is 11.1 Å². The van der Waals surface area contributed by atoms with Gasteiger partial charge in [0.05, 0.1) is 23.9 Å². The molecule has 3 rings (SSSR count). The number of halogens is 2. The van der Waals surface area contributed by atoms with Crippen LogP contribution in [0, 0.1) is 6.92 Å². The molecule has 2 aliphatic rings. The molecule has 0 saturated heterocycles. The van der Waals surface area contributed by atoms with Gasteiger partial charge in [-0.1, -0.05) is 49.8 Å². The Kier molecular flexibility index (Phi) is 5.68. The Morgan fingerprint density at radius 3 is 2.43 bits per heavy atom.